The molecule has 0 saturated carbocycles. The van der Waals surface area contributed by atoms with E-state index in [2.05, 4.69) is 47.5 Å². The third-order valence-electron chi connectivity index (χ3n) is 3.84. The van der Waals surface area contributed by atoms with Gasteiger partial charge in [0.05, 0.1) is 0 Å². The van der Waals surface area contributed by atoms with Crippen LogP contribution in [0.3, 0.4) is 0 Å². The molecule has 0 atom stereocenters. The molecular weight excluding hydrogens is 567 g/mol. The SMILES string of the molecule is [Ir].[c-]1ccccc1-c1ccccn1.[c-]1cccnc1-c1nnc(-c2ccccn2)nn1. The number of pyridine rings is 3. The Balaban J connectivity index is 0.000000183. The summed E-state index contributed by atoms with van der Waals surface area (Å²) in [5.74, 6) is 0.727. The Morgan fingerprint density at radius 1 is 0.516 bits per heavy atom. The third kappa shape index (κ3) is 6.12. The Hall–Kier alpha value is -3.74. The summed E-state index contributed by atoms with van der Waals surface area (Å²) < 4.78 is 0. The van der Waals surface area contributed by atoms with Gasteiger partial charge in [-0.15, -0.1) is 52.2 Å². The molecule has 31 heavy (non-hydrogen) atoms. The molecule has 0 aliphatic carbocycles. The van der Waals surface area contributed by atoms with Crippen LogP contribution in [0.1, 0.15) is 0 Å². The maximum Gasteiger partial charge on any atom is 0.219 e. The van der Waals surface area contributed by atoms with E-state index in [-0.39, 0.29) is 20.1 Å². The topological polar surface area (TPSA) is 90.2 Å². The molecular formula is C23H15IrN7-2. The van der Waals surface area contributed by atoms with Crippen molar-refractivity contribution in [3.05, 3.63) is 104 Å². The summed E-state index contributed by atoms with van der Waals surface area (Å²) in [7, 11) is 0. The summed E-state index contributed by atoms with van der Waals surface area (Å²) in [5.41, 5.74) is 3.16. The van der Waals surface area contributed by atoms with Crippen molar-refractivity contribution < 1.29 is 20.1 Å². The minimum absolute atomic E-state index is 0. The van der Waals surface area contributed by atoms with Gasteiger partial charge < -0.3 is 4.98 Å². The van der Waals surface area contributed by atoms with E-state index in [4.69, 9.17) is 0 Å². The van der Waals surface area contributed by atoms with Crippen LogP contribution in [0.25, 0.3) is 34.3 Å². The molecule has 0 aliphatic heterocycles. The maximum absolute atomic E-state index is 4.22. The zero-order valence-electron chi connectivity index (χ0n) is 16.1. The number of hydrogen-bond acceptors (Lipinski definition) is 7. The van der Waals surface area contributed by atoms with Gasteiger partial charge in [-0.1, -0.05) is 18.2 Å². The first-order valence-corrected chi connectivity index (χ1v) is 9.10. The van der Waals surface area contributed by atoms with E-state index in [1.807, 2.05) is 54.6 Å². The summed E-state index contributed by atoms with van der Waals surface area (Å²) in [6, 6.07) is 28.7. The molecule has 5 rings (SSSR count). The van der Waals surface area contributed by atoms with E-state index >= 15 is 0 Å². The Labute approximate surface area is 193 Å². The first-order valence-electron chi connectivity index (χ1n) is 9.10. The van der Waals surface area contributed by atoms with E-state index in [1.54, 1.807) is 36.8 Å². The van der Waals surface area contributed by atoms with Crippen LogP contribution in [0.15, 0.2) is 91.4 Å². The van der Waals surface area contributed by atoms with Crippen LogP contribution >= 0.6 is 0 Å². The van der Waals surface area contributed by atoms with Gasteiger partial charge in [-0.3, -0.25) is 9.97 Å². The fourth-order valence-electron chi connectivity index (χ4n) is 2.44. The Morgan fingerprint density at radius 2 is 1.13 bits per heavy atom. The fourth-order valence-corrected chi connectivity index (χ4v) is 2.44. The van der Waals surface area contributed by atoms with Gasteiger partial charge in [-0.2, -0.15) is 22.3 Å². The van der Waals surface area contributed by atoms with Gasteiger partial charge in [0.25, 0.3) is 0 Å². The molecule has 7 nitrogen and oxygen atoms in total. The number of benzene rings is 1. The van der Waals surface area contributed by atoms with Crippen molar-refractivity contribution in [1.29, 1.82) is 0 Å². The molecule has 4 aromatic heterocycles. The average molecular weight is 582 g/mol. The van der Waals surface area contributed by atoms with Crippen molar-refractivity contribution in [3.63, 3.8) is 0 Å². The van der Waals surface area contributed by atoms with E-state index in [1.165, 1.54) is 0 Å². The fraction of sp³-hybridized carbons (Fsp3) is 0. The van der Waals surface area contributed by atoms with Crippen LogP contribution < -0.4 is 0 Å². The molecule has 0 spiro atoms. The molecule has 0 fully saturated rings. The van der Waals surface area contributed by atoms with Crippen LogP contribution in [0.4, 0.5) is 0 Å². The summed E-state index contributed by atoms with van der Waals surface area (Å²) in [6.45, 7) is 0. The van der Waals surface area contributed by atoms with E-state index in [9.17, 15) is 0 Å². The van der Waals surface area contributed by atoms with Crippen molar-refractivity contribution in [1.82, 2.24) is 35.3 Å². The van der Waals surface area contributed by atoms with Crippen LogP contribution in [-0.2, 0) is 20.1 Å². The quantitative estimate of drug-likeness (QED) is 0.300. The van der Waals surface area contributed by atoms with Crippen molar-refractivity contribution in [3.8, 4) is 34.3 Å². The van der Waals surface area contributed by atoms with Gasteiger partial charge in [-0.25, -0.2) is 0 Å². The predicted octanol–water partition coefficient (Wildman–Crippen LogP) is 3.74. The van der Waals surface area contributed by atoms with Crippen molar-refractivity contribution >= 4 is 0 Å². The minimum Gasteiger partial charge on any atom is -0.305 e. The van der Waals surface area contributed by atoms with Crippen LogP contribution in [0.5, 0.6) is 0 Å². The van der Waals surface area contributed by atoms with Crippen molar-refractivity contribution in [2.75, 3.05) is 0 Å². The standard InChI is InChI=1S/C12H7N6.C11H8N.Ir/c1-3-7-13-9(5-1)11-15-17-12(18-16-11)10-6-2-4-8-14-10;1-2-6-10(7-3-1)11-8-4-5-9-12-11;/h1-5,7-8H;1-6,8-9H;/q2*-1;. The molecule has 0 aliphatic rings. The molecule has 0 unspecified atom stereocenters. The number of aromatic nitrogens is 7. The minimum atomic E-state index is 0. The first kappa shape index (κ1) is 22.0. The van der Waals surface area contributed by atoms with Crippen LogP contribution in [0.2, 0.25) is 0 Å². The van der Waals surface area contributed by atoms with Gasteiger partial charge in [-0.05, 0) is 35.8 Å². The van der Waals surface area contributed by atoms with Crippen LogP contribution in [-0.4, -0.2) is 35.3 Å². The van der Waals surface area contributed by atoms with Gasteiger partial charge >= 0.3 is 0 Å². The van der Waals surface area contributed by atoms with Crippen molar-refractivity contribution in [2.24, 2.45) is 0 Å². The molecule has 0 bridgehead atoms. The molecule has 5 aromatic rings. The average Bonchev–Trinajstić information content (AvgIpc) is 2.87. The number of hydrogen-bond donors (Lipinski definition) is 0. The van der Waals surface area contributed by atoms with Crippen molar-refractivity contribution in [2.45, 2.75) is 0 Å². The summed E-state index contributed by atoms with van der Waals surface area (Å²) >= 11 is 0. The Bertz CT molecular complexity index is 1060. The zero-order valence-corrected chi connectivity index (χ0v) is 18.5. The predicted molar refractivity (Wildman–Crippen MR) is 111 cm³/mol. The molecule has 0 N–H and O–H groups in total. The summed E-state index contributed by atoms with van der Waals surface area (Å²) in [4.78, 5) is 12.4. The van der Waals surface area contributed by atoms with Gasteiger partial charge in [0.2, 0.25) is 5.82 Å². The summed E-state index contributed by atoms with van der Waals surface area (Å²) in [5, 5.41) is 15.9. The second-order valence-corrected chi connectivity index (χ2v) is 5.88. The second-order valence-electron chi connectivity index (χ2n) is 5.88. The largest absolute Gasteiger partial charge is 0.305 e. The Kier molecular flexibility index (Phi) is 8.11. The molecule has 1 aromatic carbocycles. The van der Waals surface area contributed by atoms with E-state index in [0.29, 0.717) is 23.0 Å². The third-order valence-corrected chi connectivity index (χ3v) is 3.84. The van der Waals surface area contributed by atoms with Gasteiger partial charge in [0, 0.05) is 32.5 Å². The second kappa shape index (κ2) is 11.4. The van der Waals surface area contributed by atoms with Gasteiger partial charge in [0.1, 0.15) is 11.5 Å². The number of rotatable bonds is 3. The Morgan fingerprint density at radius 3 is 1.71 bits per heavy atom. The van der Waals surface area contributed by atoms with E-state index in [0.717, 1.165) is 11.3 Å². The van der Waals surface area contributed by atoms with Gasteiger partial charge in [0.15, 0.2) is 0 Å². The zero-order chi connectivity index (χ0) is 20.4. The molecule has 0 amide bonds. The van der Waals surface area contributed by atoms with E-state index < -0.39 is 0 Å². The smallest absolute Gasteiger partial charge is 0.219 e. The monoisotopic (exact) mass is 582 g/mol. The molecule has 0 saturated heterocycles. The summed E-state index contributed by atoms with van der Waals surface area (Å²) in [6.07, 6.45) is 5.09. The first-order chi connectivity index (χ1) is 14.9. The number of nitrogens with zero attached hydrogens (tertiary/aromatic N) is 7. The molecule has 153 valence electrons. The normalized spacial score (nSPS) is 9.68. The maximum atomic E-state index is 4.22. The molecule has 4 heterocycles. The molecule has 1 radical (unpaired) electrons. The molecule has 8 heteroatoms. The van der Waals surface area contributed by atoms with Crippen LogP contribution in [0, 0.1) is 12.1 Å².